The number of carbonyl (C=O) groups excluding carboxylic acids is 1. The van der Waals surface area contributed by atoms with Gasteiger partial charge in [-0.1, -0.05) is 15.9 Å². The minimum Gasteiger partial charge on any atom is -0.340 e. The predicted molar refractivity (Wildman–Crippen MR) is 103 cm³/mol. The van der Waals surface area contributed by atoms with Crippen LogP contribution in [0.4, 0.5) is 28.7 Å². The van der Waals surface area contributed by atoms with Crippen LogP contribution in [-0.4, -0.2) is 15.9 Å². The van der Waals surface area contributed by atoms with Crippen molar-refractivity contribution < 1.29 is 4.79 Å². The zero-order valence-corrected chi connectivity index (χ0v) is 15.0. The van der Waals surface area contributed by atoms with E-state index in [-0.39, 0.29) is 5.91 Å². The number of nitrogens with zero attached hydrogens (tertiary/aromatic N) is 2. The molecule has 3 aromatic rings. The first-order chi connectivity index (χ1) is 12.1. The molecule has 25 heavy (non-hydrogen) atoms. The van der Waals surface area contributed by atoms with E-state index in [9.17, 15) is 4.79 Å². The Morgan fingerprint density at radius 2 is 1.32 bits per heavy atom. The smallest absolute Gasteiger partial charge is 0.221 e. The van der Waals surface area contributed by atoms with Crippen molar-refractivity contribution in [3.05, 3.63) is 65.4 Å². The second-order valence-corrected chi connectivity index (χ2v) is 6.22. The van der Waals surface area contributed by atoms with Crippen LogP contribution in [-0.2, 0) is 4.79 Å². The van der Waals surface area contributed by atoms with E-state index in [1.807, 2.05) is 54.6 Å². The van der Waals surface area contributed by atoms with Crippen LogP contribution in [0.2, 0.25) is 0 Å². The Balaban J connectivity index is 1.68. The molecular formula is C18H16BrN5O. The molecule has 3 N–H and O–H groups in total. The molecule has 0 unspecified atom stereocenters. The standard InChI is InChI=1S/C18H16BrN5O/c1-12(25)22-14-6-8-16(9-7-14)24-18-10-17(20-11-21-18)23-15-4-2-13(19)3-5-15/h2-11H,1H3,(H,22,25)(H2,20,21,23,24). The van der Waals surface area contributed by atoms with Gasteiger partial charge in [-0.25, -0.2) is 9.97 Å². The number of carbonyl (C=O) groups is 1. The van der Waals surface area contributed by atoms with Gasteiger partial charge in [0.2, 0.25) is 5.91 Å². The van der Waals surface area contributed by atoms with Crippen LogP contribution < -0.4 is 16.0 Å². The van der Waals surface area contributed by atoms with Crippen molar-refractivity contribution >= 4 is 50.5 Å². The molecule has 0 spiro atoms. The number of nitrogens with one attached hydrogen (secondary N) is 3. The Hall–Kier alpha value is -2.93. The van der Waals surface area contributed by atoms with Crippen LogP contribution in [0, 0.1) is 0 Å². The maximum atomic E-state index is 11.0. The van der Waals surface area contributed by atoms with Gasteiger partial charge in [0.15, 0.2) is 0 Å². The summed E-state index contributed by atoms with van der Waals surface area (Å²) in [5.41, 5.74) is 2.55. The first-order valence-corrected chi connectivity index (χ1v) is 8.37. The van der Waals surface area contributed by atoms with Crippen molar-refractivity contribution in [1.82, 2.24) is 9.97 Å². The molecule has 0 saturated heterocycles. The van der Waals surface area contributed by atoms with Gasteiger partial charge in [0.1, 0.15) is 18.0 Å². The number of anilines is 5. The third kappa shape index (κ3) is 5.02. The van der Waals surface area contributed by atoms with Crippen LogP contribution in [0.1, 0.15) is 6.92 Å². The zero-order chi connectivity index (χ0) is 17.6. The summed E-state index contributed by atoms with van der Waals surface area (Å²) in [7, 11) is 0. The highest BCUT2D eigenvalue weighted by Crippen LogP contribution is 2.21. The normalized spacial score (nSPS) is 10.2. The number of benzene rings is 2. The van der Waals surface area contributed by atoms with Gasteiger partial charge in [0.25, 0.3) is 0 Å². The molecule has 0 aliphatic heterocycles. The highest BCUT2D eigenvalue weighted by Gasteiger charge is 2.02. The molecule has 0 saturated carbocycles. The summed E-state index contributed by atoms with van der Waals surface area (Å²) in [6, 6.07) is 17.0. The number of halogens is 1. The summed E-state index contributed by atoms with van der Waals surface area (Å²) in [6.45, 7) is 1.48. The molecular weight excluding hydrogens is 382 g/mol. The summed E-state index contributed by atoms with van der Waals surface area (Å²) < 4.78 is 1.02. The lowest BCUT2D eigenvalue weighted by molar-refractivity contribution is -0.114. The Kier molecular flexibility index (Phi) is 5.25. The van der Waals surface area contributed by atoms with Crippen LogP contribution >= 0.6 is 15.9 Å². The highest BCUT2D eigenvalue weighted by atomic mass is 79.9. The fraction of sp³-hybridized carbons (Fsp3) is 0.0556. The van der Waals surface area contributed by atoms with E-state index < -0.39 is 0 Å². The first-order valence-electron chi connectivity index (χ1n) is 7.58. The molecule has 1 heterocycles. The van der Waals surface area contributed by atoms with Gasteiger partial charge in [-0.15, -0.1) is 0 Å². The summed E-state index contributed by atoms with van der Waals surface area (Å²) in [4.78, 5) is 19.5. The minimum atomic E-state index is -0.0971. The molecule has 126 valence electrons. The van der Waals surface area contributed by atoms with E-state index in [1.54, 1.807) is 0 Å². The lowest BCUT2D eigenvalue weighted by atomic mass is 10.2. The Labute approximate surface area is 153 Å². The minimum absolute atomic E-state index is 0.0971. The van der Waals surface area contributed by atoms with Crippen molar-refractivity contribution in [1.29, 1.82) is 0 Å². The highest BCUT2D eigenvalue weighted by molar-refractivity contribution is 9.10. The summed E-state index contributed by atoms with van der Waals surface area (Å²) in [6.07, 6.45) is 1.50. The lowest BCUT2D eigenvalue weighted by Gasteiger charge is -2.09. The monoisotopic (exact) mass is 397 g/mol. The van der Waals surface area contributed by atoms with Crippen LogP contribution in [0.3, 0.4) is 0 Å². The van der Waals surface area contributed by atoms with E-state index in [4.69, 9.17) is 0 Å². The molecule has 7 heteroatoms. The van der Waals surface area contributed by atoms with E-state index >= 15 is 0 Å². The Morgan fingerprint density at radius 3 is 1.84 bits per heavy atom. The van der Waals surface area contributed by atoms with Gasteiger partial charge in [-0.05, 0) is 48.5 Å². The van der Waals surface area contributed by atoms with Gasteiger partial charge >= 0.3 is 0 Å². The molecule has 0 bridgehead atoms. The van der Waals surface area contributed by atoms with Crippen molar-refractivity contribution in [2.75, 3.05) is 16.0 Å². The summed E-state index contributed by atoms with van der Waals surface area (Å²) in [5, 5.41) is 9.17. The van der Waals surface area contributed by atoms with Crippen LogP contribution in [0.5, 0.6) is 0 Å². The third-order valence-electron chi connectivity index (χ3n) is 3.26. The fourth-order valence-corrected chi connectivity index (χ4v) is 2.43. The number of aromatic nitrogens is 2. The summed E-state index contributed by atoms with van der Waals surface area (Å²) in [5.74, 6) is 1.26. The molecule has 6 nitrogen and oxygen atoms in total. The van der Waals surface area contributed by atoms with Gasteiger partial charge in [0, 0.05) is 34.5 Å². The van der Waals surface area contributed by atoms with Gasteiger partial charge in [-0.3, -0.25) is 4.79 Å². The van der Waals surface area contributed by atoms with E-state index in [0.717, 1.165) is 21.5 Å². The first kappa shape index (κ1) is 16.9. The van der Waals surface area contributed by atoms with E-state index in [1.165, 1.54) is 13.3 Å². The fourth-order valence-electron chi connectivity index (χ4n) is 2.16. The van der Waals surface area contributed by atoms with Gasteiger partial charge < -0.3 is 16.0 Å². The van der Waals surface area contributed by atoms with Crippen molar-refractivity contribution in [3.63, 3.8) is 0 Å². The number of amides is 1. The van der Waals surface area contributed by atoms with Gasteiger partial charge in [0.05, 0.1) is 0 Å². The second kappa shape index (κ2) is 7.76. The maximum Gasteiger partial charge on any atom is 0.221 e. The zero-order valence-electron chi connectivity index (χ0n) is 13.5. The van der Waals surface area contributed by atoms with E-state index in [2.05, 4.69) is 41.8 Å². The maximum absolute atomic E-state index is 11.0. The quantitative estimate of drug-likeness (QED) is 0.582. The topological polar surface area (TPSA) is 78.9 Å². The predicted octanol–water partition coefficient (Wildman–Crippen LogP) is 4.68. The number of hydrogen-bond donors (Lipinski definition) is 3. The van der Waals surface area contributed by atoms with Crippen LogP contribution in [0.25, 0.3) is 0 Å². The van der Waals surface area contributed by atoms with Gasteiger partial charge in [-0.2, -0.15) is 0 Å². The Morgan fingerprint density at radius 1 is 0.840 bits per heavy atom. The largest absolute Gasteiger partial charge is 0.340 e. The van der Waals surface area contributed by atoms with E-state index in [0.29, 0.717) is 11.6 Å². The molecule has 2 aromatic carbocycles. The molecule has 1 amide bonds. The molecule has 0 fully saturated rings. The summed E-state index contributed by atoms with van der Waals surface area (Å²) >= 11 is 3.41. The molecule has 0 aliphatic rings. The average molecular weight is 398 g/mol. The molecule has 3 rings (SSSR count). The molecule has 0 aliphatic carbocycles. The Bertz CT molecular complexity index is 865. The lowest BCUT2D eigenvalue weighted by Crippen LogP contribution is -2.05. The molecule has 0 radical (unpaired) electrons. The van der Waals surface area contributed by atoms with Crippen LogP contribution in [0.15, 0.2) is 65.4 Å². The molecule has 0 atom stereocenters. The second-order valence-electron chi connectivity index (χ2n) is 5.30. The molecule has 1 aromatic heterocycles. The average Bonchev–Trinajstić information content (AvgIpc) is 2.59. The number of rotatable bonds is 5. The SMILES string of the molecule is CC(=O)Nc1ccc(Nc2cc(Nc3ccc(Br)cc3)ncn2)cc1. The van der Waals surface area contributed by atoms with Crippen molar-refractivity contribution in [2.24, 2.45) is 0 Å². The number of hydrogen-bond acceptors (Lipinski definition) is 5. The van der Waals surface area contributed by atoms with Crippen molar-refractivity contribution in [3.8, 4) is 0 Å². The van der Waals surface area contributed by atoms with Crippen molar-refractivity contribution in [2.45, 2.75) is 6.92 Å². The third-order valence-corrected chi connectivity index (χ3v) is 3.79.